The summed E-state index contributed by atoms with van der Waals surface area (Å²) in [5, 5.41) is 0.920. The zero-order chi connectivity index (χ0) is 20.5. The summed E-state index contributed by atoms with van der Waals surface area (Å²) in [6, 6.07) is 13.9. The lowest BCUT2D eigenvalue weighted by Gasteiger charge is -2.40. The molecule has 2 aromatic heterocycles. The quantitative estimate of drug-likeness (QED) is 0.675. The summed E-state index contributed by atoms with van der Waals surface area (Å²) >= 11 is 0. The highest BCUT2D eigenvalue weighted by Gasteiger charge is 2.32. The molecule has 29 heavy (non-hydrogen) atoms. The van der Waals surface area contributed by atoms with Crippen molar-refractivity contribution in [3.63, 3.8) is 0 Å². The number of fused-ring (bicyclic) bond motifs is 1. The fraction of sp³-hybridized carbons (Fsp3) is 0.391. The molecule has 1 aromatic carbocycles. The normalized spacial score (nSPS) is 18.2. The van der Waals surface area contributed by atoms with E-state index in [9.17, 15) is 9.59 Å². The predicted molar refractivity (Wildman–Crippen MR) is 112 cm³/mol. The molecule has 3 heterocycles. The number of carbonyl (C=O) groups is 2. The maximum absolute atomic E-state index is 13.5. The van der Waals surface area contributed by atoms with Crippen molar-refractivity contribution in [2.45, 2.75) is 39.3 Å². The van der Waals surface area contributed by atoms with Gasteiger partial charge in [0.25, 0.3) is 5.91 Å². The average molecular weight is 393 g/mol. The highest BCUT2D eigenvalue weighted by molar-refractivity contribution is 5.98. The van der Waals surface area contributed by atoms with E-state index in [1.807, 2.05) is 58.5 Å². The summed E-state index contributed by atoms with van der Waals surface area (Å²) in [5.41, 5.74) is 2.44. The molecule has 0 bridgehead atoms. The maximum Gasteiger partial charge on any atom is 0.270 e. The van der Waals surface area contributed by atoms with Crippen molar-refractivity contribution in [2.75, 3.05) is 19.6 Å². The third-order valence-corrected chi connectivity index (χ3v) is 5.87. The summed E-state index contributed by atoms with van der Waals surface area (Å²) < 4.78 is 7.72. The number of nitrogens with zero attached hydrogens (tertiary/aromatic N) is 3. The van der Waals surface area contributed by atoms with Gasteiger partial charge in [0.1, 0.15) is 5.69 Å². The summed E-state index contributed by atoms with van der Waals surface area (Å²) in [5.74, 6) is 0.123. The molecule has 6 heteroatoms. The van der Waals surface area contributed by atoms with Crippen LogP contribution in [0, 0.1) is 0 Å². The second-order valence-corrected chi connectivity index (χ2v) is 7.71. The summed E-state index contributed by atoms with van der Waals surface area (Å²) in [4.78, 5) is 29.3. The Morgan fingerprint density at radius 2 is 1.93 bits per heavy atom. The van der Waals surface area contributed by atoms with Crippen molar-refractivity contribution >= 4 is 22.9 Å². The first-order chi connectivity index (χ1) is 14.0. The van der Waals surface area contributed by atoms with E-state index in [0.717, 1.165) is 10.9 Å². The zero-order valence-electron chi connectivity index (χ0n) is 17.2. The van der Waals surface area contributed by atoms with Crippen LogP contribution in [0.5, 0.6) is 0 Å². The standard InChI is InChI=1S/C23H27N3O3/c1-4-21(27)25-12-11-24(15-16(25)2)22(28)20-14-19-10-13-29-23(19)26(20)17(3)18-8-6-5-7-9-18/h5-10,13-14,16-17H,4,11-12,15H2,1-3H3. The van der Waals surface area contributed by atoms with Gasteiger partial charge in [0.15, 0.2) is 0 Å². The summed E-state index contributed by atoms with van der Waals surface area (Å²) in [7, 11) is 0. The molecule has 6 nitrogen and oxygen atoms in total. The third-order valence-electron chi connectivity index (χ3n) is 5.87. The van der Waals surface area contributed by atoms with Gasteiger partial charge < -0.3 is 14.2 Å². The van der Waals surface area contributed by atoms with Crippen molar-refractivity contribution in [1.82, 2.24) is 14.4 Å². The molecule has 0 spiro atoms. The first-order valence-corrected chi connectivity index (χ1v) is 10.2. The second kappa shape index (κ2) is 7.78. The van der Waals surface area contributed by atoms with Crippen LogP contribution in [0.1, 0.15) is 49.3 Å². The minimum atomic E-state index is -0.0424. The van der Waals surface area contributed by atoms with Crippen molar-refractivity contribution in [3.8, 4) is 0 Å². The smallest absolute Gasteiger partial charge is 0.270 e. The highest BCUT2D eigenvalue weighted by atomic mass is 16.3. The molecular formula is C23H27N3O3. The lowest BCUT2D eigenvalue weighted by molar-refractivity contribution is -0.134. The fourth-order valence-electron chi connectivity index (χ4n) is 4.25. The van der Waals surface area contributed by atoms with E-state index in [2.05, 4.69) is 19.1 Å². The molecule has 0 radical (unpaired) electrons. The van der Waals surface area contributed by atoms with Gasteiger partial charge in [-0.05, 0) is 31.5 Å². The number of hydrogen-bond donors (Lipinski definition) is 0. The number of benzene rings is 1. The molecule has 1 fully saturated rings. The molecule has 152 valence electrons. The topological polar surface area (TPSA) is 58.7 Å². The minimum Gasteiger partial charge on any atom is -0.448 e. The molecule has 0 aliphatic carbocycles. The number of amides is 2. The number of hydrogen-bond acceptors (Lipinski definition) is 3. The largest absolute Gasteiger partial charge is 0.448 e. The van der Waals surface area contributed by atoms with Crippen LogP contribution in [0.2, 0.25) is 0 Å². The molecule has 2 amide bonds. The summed E-state index contributed by atoms with van der Waals surface area (Å²) in [6.07, 6.45) is 2.15. The van der Waals surface area contributed by atoms with Crippen LogP contribution in [0.25, 0.3) is 11.1 Å². The Morgan fingerprint density at radius 1 is 1.17 bits per heavy atom. The Kier molecular flexibility index (Phi) is 5.18. The van der Waals surface area contributed by atoms with Crippen molar-refractivity contribution in [1.29, 1.82) is 0 Å². The number of furan rings is 1. The van der Waals surface area contributed by atoms with Crippen LogP contribution >= 0.6 is 0 Å². The van der Waals surface area contributed by atoms with Crippen molar-refractivity contribution < 1.29 is 14.0 Å². The van der Waals surface area contributed by atoms with Gasteiger partial charge in [-0.2, -0.15) is 0 Å². The minimum absolute atomic E-state index is 0.0121. The first kappa shape index (κ1) is 19.3. The van der Waals surface area contributed by atoms with Gasteiger partial charge in [-0.1, -0.05) is 37.3 Å². The fourth-order valence-corrected chi connectivity index (χ4v) is 4.25. The van der Waals surface area contributed by atoms with E-state index in [1.54, 1.807) is 6.26 Å². The van der Waals surface area contributed by atoms with Crippen LogP contribution in [0.4, 0.5) is 0 Å². The number of aromatic nitrogens is 1. The number of rotatable bonds is 4. The van der Waals surface area contributed by atoms with Crippen LogP contribution in [0.15, 0.2) is 53.1 Å². The van der Waals surface area contributed by atoms with Crippen molar-refractivity contribution in [3.05, 3.63) is 60.0 Å². The van der Waals surface area contributed by atoms with E-state index in [4.69, 9.17) is 4.42 Å². The average Bonchev–Trinajstić information content (AvgIpc) is 3.34. The van der Waals surface area contributed by atoms with Gasteiger partial charge in [0, 0.05) is 37.5 Å². The van der Waals surface area contributed by atoms with Crippen LogP contribution < -0.4 is 0 Å². The molecule has 2 atom stereocenters. The Balaban J connectivity index is 1.65. The van der Waals surface area contributed by atoms with E-state index < -0.39 is 0 Å². The second-order valence-electron chi connectivity index (χ2n) is 7.71. The molecule has 2 unspecified atom stereocenters. The third kappa shape index (κ3) is 3.43. The lowest BCUT2D eigenvalue weighted by Crippen LogP contribution is -2.55. The van der Waals surface area contributed by atoms with Gasteiger partial charge in [-0.3, -0.25) is 14.2 Å². The molecular weight excluding hydrogens is 366 g/mol. The molecule has 1 saturated heterocycles. The number of piperazine rings is 1. The Labute approximate surface area is 170 Å². The van der Waals surface area contributed by atoms with Gasteiger partial charge in [0.05, 0.1) is 12.3 Å². The molecule has 0 saturated carbocycles. The predicted octanol–water partition coefficient (Wildman–Crippen LogP) is 3.93. The highest BCUT2D eigenvalue weighted by Crippen LogP contribution is 2.30. The Morgan fingerprint density at radius 3 is 2.62 bits per heavy atom. The summed E-state index contributed by atoms with van der Waals surface area (Å²) in [6.45, 7) is 7.61. The maximum atomic E-state index is 13.5. The zero-order valence-corrected chi connectivity index (χ0v) is 17.2. The van der Waals surface area contributed by atoms with Gasteiger partial charge in [0.2, 0.25) is 11.6 Å². The monoisotopic (exact) mass is 393 g/mol. The van der Waals surface area contributed by atoms with Gasteiger partial charge >= 0.3 is 0 Å². The Bertz CT molecular complexity index is 1020. The lowest BCUT2D eigenvalue weighted by atomic mass is 10.1. The van der Waals surface area contributed by atoms with Gasteiger partial charge in [-0.15, -0.1) is 0 Å². The SMILES string of the molecule is CCC(=O)N1CCN(C(=O)c2cc3ccoc3n2C(C)c2ccccc2)CC1C. The van der Waals surface area contributed by atoms with E-state index in [1.165, 1.54) is 0 Å². The van der Waals surface area contributed by atoms with Crippen LogP contribution in [-0.2, 0) is 4.79 Å². The molecule has 3 aromatic rings. The van der Waals surface area contributed by atoms with E-state index in [-0.39, 0.29) is 23.9 Å². The van der Waals surface area contributed by atoms with E-state index in [0.29, 0.717) is 37.5 Å². The molecule has 4 rings (SSSR count). The Hall–Kier alpha value is -3.02. The van der Waals surface area contributed by atoms with Crippen molar-refractivity contribution in [2.24, 2.45) is 0 Å². The van der Waals surface area contributed by atoms with E-state index >= 15 is 0 Å². The van der Waals surface area contributed by atoms with Gasteiger partial charge in [-0.25, -0.2) is 0 Å². The molecule has 0 N–H and O–H groups in total. The van der Waals surface area contributed by atoms with Crippen LogP contribution in [-0.4, -0.2) is 51.9 Å². The number of carbonyl (C=O) groups excluding carboxylic acids is 2. The molecule has 1 aliphatic rings. The first-order valence-electron chi connectivity index (χ1n) is 10.2. The van der Waals surface area contributed by atoms with Crippen LogP contribution in [0.3, 0.4) is 0 Å². The molecule has 1 aliphatic heterocycles.